The van der Waals surface area contributed by atoms with Crippen molar-refractivity contribution < 1.29 is 19.4 Å². The Bertz CT molecular complexity index is 890. The fourth-order valence-corrected chi connectivity index (χ4v) is 4.10. The standard InChI is InChI=1S/C21H21NO4/c1-25-18-9-7-12(11-19(18)26-2)20-15-5-3-4-14(15)16-10-13(21(23)24)6-8-17(16)22-20/h3-4,6-11,14-15,20,22H,5H2,1-2H3,(H,23,24)/t14-,15+,20+/m1/s1. The van der Waals surface area contributed by atoms with Crippen LogP contribution in [0.3, 0.4) is 0 Å². The average molecular weight is 351 g/mol. The van der Waals surface area contributed by atoms with E-state index in [0.717, 1.165) is 23.2 Å². The fraction of sp³-hybridized carbons (Fsp3) is 0.286. The number of anilines is 1. The van der Waals surface area contributed by atoms with Gasteiger partial charge in [0.25, 0.3) is 0 Å². The van der Waals surface area contributed by atoms with Gasteiger partial charge >= 0.3 is 5.97 Å². The van der Waals surface area contributed by atoms with Crippen LogP contribution in [-0.2, 0) is 0 Å². The highest BCUT2D eigenvalue weighted by molar-refractivity contribution is 5.89. The van der Waals surface area contributed by atoms with Gasteiger partial charge in [-0.05, 0) is 53.8 Å². The zero-order valence-corrected chi connectivity index (χ0v) is 14.7. The molecule has 0 aromatic heterocycles. The summed E-state index contributed by atoms with van der Waals surface area (Å²) in [5.74, 6) is 1.07. The molecule has 1 heterocycles. The molecule has 3 atom stereocenters. The Hall–Kier alpha value is -2.95. The molecule has 0 amide bonds. The highest BCUT2D eigenvalue weighted by Gasteiger charge is 2.38. The van der Waals surface area contributed by atoms with Crippen LogP contribution >= 0.6 is 0 Å². The summed E-state index contributed by atoms with van der Waals surface area (Å²) in [6.07, 6.45) is 5.34. The summed E-state index contributed by atoms with van der Waals surface area (Å²) in [6.45, 7) is 0. The second-order valence-electron chi connectivity index (χ2n) is 6.70. The molecule has 0 fully saturated rings. The first-order chi connectivity index (χ1) is 12.6. The number of aromatic carboxylic acids is 1. The molecule has 1 aliphatic heterocycles. The first-order valence-corrected chi connectivity index (χ1v) is 8.64. The molecule has 2 aromatic carbocycles. The third-order valence-electron chi connectivity index (χ3n) is 5.38. The first-order valence-electron chi connectivity index (χ1n) is 8.64. The number of carboxylic acid groups (broad SMARTS) is 1. The Labute approximate surface area is 152 Å². The third kappa shape index (κ3) is 2.60. The van der Waals surface area contributed by atoms with Gasteiger partial charge in [-0.3, -0.25) is 0 Å². The third-order valence-corrected chi connectivity index (χ3v) is 5.38. The van der Waals surface area contributed by atoms with Crippen LogP contribution in [0, 0.1) is 5.92 Å². The van der Waals surface area contributed by atoms with Gasteiger partial charge < -0.3 is 19.9 Å². The molecule has 4 rings (SSSR count). The van der Waals surface area contributed by atoms with E-state index in [1.165, 1.54) is 0 Å². The minimum atomic E-state index is -0.895. The summed E-state index contributed by atoms with van der Waals surface area (Å²) in [6, 6.07) is 11.4. The van der Waals surface area contributed by atoms with E-state index in [0.29, 0.717) is 23.0 Å². The van der Waals surface area contributed by atoms with Gasteiger partial charge in [0.15, 0.2) is 11.5 Å². The number of hydrogen-bond acceptors (Lipinski definition) is 4. The van der Waals surface area contributed by atoms with Crippen LogP contribution in [0.5, 0.6) is 11.5 Å². The first kappa shape index (κ1) is 16.5. The largest absolute Gasteiger partial charge is 0.493 e. The molecule has 0 unspecified atom stereocenters. The predicted octanol–water partition coefficient (Wildman–Crippen LogP) is 4.23. The van der Waals surface area contributed by atoms with Crippen LogP contribution in [-0.4, -0.2) is 25.3 Å². The molecule has 134 valence electrons. The van der Waals surface area contributed by atoms with E-state index in [1.807, 2.05) is 18.2 Å². The molecule has 2 aliphatic rings. The molecular weight excluding hydrogens is 330 g/mol. The van der Waals surface area contributed by atoms with Gasteiger partial charge in [0.1, 0.15) is 0 Å². The van der Waals surface area contributed by atoms with Crippen molar-refractivity contribution in [3.05, 3.63) is 65.2 Å². The van der Waals surface area contributed by atoms with Crippen LogP contribution < -0.4 is 14.8 Å². The zero-order valence-electron chi connectivity index (χ0n) is 14.7. The van der Waals surface area contributed by atoms with E-state index in [2.05, 4.69) is 23.5 Å². The van der Waals surface area contributed by atoms with Crippen molar-refractivity contribution in [2.75, 3.05) is 19.5 Å². The molecule has 0 bridgehead atoms. The van der Waals surface area contributed by atoms with Crippen molar-refractivity contribution in [1.29, 1.82) is 0 Å². The van der Waals surface area contributed by atoms with Crippen molar-refractivity contribution in [3.8, 4) is 11.5 Å². The minimum absolute atomic E-state index is 0.123. The van der Waals surface area contributed by atoms with E-state index in [4.69, 9.17) is 9.47 Å². The van der Waals surface area contributed by atoms with E-state index in [9.17, 15) is 9.90 Å². The van der Waals surface area contributed by atoms with Crippen molar-refractivity contribution in [1.82, 2.24) is 0 Å². The monoisotopic (exact) mass is 351 g/mol. The van der Waals surface area contributed by atoms with Crippen LogP contribution in [0.25, 0.3) is 0 Å². The summed E-state index contributed by atoms with van der Waals surface area (Å²) < 4.78 is 10.8. The Balaban J connectivity index is 1.75. The number of allylic oxidation sites excluding steroid dienone is 2. The number of carboxylic acids is 1. The van der Waals surface area contributed by atoms with Gasteiger partial charge in [-0.1, -0.05) is 18.2 Å². The van der Waals surface area contributed by atoms with Crippen LogP contribution in [0.15, 0.2) is 48.6 Å². The zero-order chi connectivity index (χ0) is 18.3. The molecule has 0 radical (unpaired) electrons. The highest BCUT2D eigenvalue weighted by atomic mass is 16.5. The van der Waals surface area contributed by atoms with Gasteiger partial charge in [0.05, 0.1) is 25.8 Å². The topological polar surface area (TPSA) is 67.8 Å². The summed E-state index contributed by atoms with van der Waals surface area (Å²) in [5, 5.41) is 12.9. The quantitative estimate of drug-likeness (QED) is 0.807. The molecule has 1 aliphatic carbocycles. The fourth-order valence-electron chi connectivity index (χ4n) is 4.10. The number of ether oxygens (including phenoxy) is 2. The SMILES string of the molecule is COc1ccc([C@@H]2Nc3ccc(C(=O)O)cc3[C@@H]3C=CC[C@@H]32)cc1OC. The van der Waals surface area contributed by atoms with Crippen molar-refractivity contribution in [2.24, 2.45) is 5.92 Å². The normalized spacial score (nSPS) is 22.9. The van der Waals surface area contributed by atoms with E-state index < -0.39 is 5.97 Å². The Morgan fingerprint density at radius 2 is 1.92 bits per heavy atom. The van der Waals surface area contributed by atoms with Crippen LogP contribution in [0.2, 0.25) is 0 Å². The van der Waals surface area contributed by atoms with Gasteiger partial charge in [-0.15, -0.1) is 0 Å². The maximum Gasteiger partial charge on any atom is 0.335 e. The lowest BCUT2D eigenvalue weighted by Crippen LogP contribution is -2.29. The summed E-state index contributed by atoms with van der Waals surface area (Å²) >= 11 is 0. The smallest absolute Gasteiger partial charge is 0.335 e. The van der Waals surface area contributed by atoms with E-state index >= 15 is 0 Å². The molecule has 2 N–H and O–H groups in total. The summed E-state index contributed by atoms with van der Waals surface area (Å²) in [5.41, 5.74) is 3.51. The Morgan fingerprint density at radius 1 is 1.12 bits per heavy atom. The van der Waals surface area contributed by atoms with Gasteiger partial charge in [-0.2, -0.15) is 0 Å². The Morgan fingerprint density at radius 3 is 2.65 bits per heavy atom. The Kier molecular flexibility index (Phi) is 4.07. The number of nitrogens with one attached hydrogen (secondary N) is 1. The molecule has 0 spiro atoms. The van der Waals surface area contributed by atoms with Gasteiger partial charge in [0.2, 0.25) is 0 Å². The average Bonchev–Trinajstić information content (AvgIpc) is 3.16. The maximum atomic E-state index is 11.3. The molecule has 5 nitrogen and oxygen atoms in total. The second kappa shape index (κ2) is 6.41. The lowest BCUT2D eigenvalue weighted by molar-refractivity contribution is 0.0696. The number of fused-ring (bicyclic) bond motifs is 3. The second-order valence-corrected chi connectivity index (χ2v) is 6.70. The summed E-state index contributed by atoms with van der Waals surface area (Å²) in [4.78, 5) is 11.3. The van der Waals surface area contributed by atoms with Gasteiger partial charge in [-0.25, -0.2) is 4.79 Å². The van der Waals surface area contributed by atoms with E-state index in [1.54, 1.807) is 26.4 Å². The highest BCUT2D eigenvalue weighted by Crippen LogP contribution is 2.50. The number of hydrogen-bond donors (Lipinski definition) is 2. The number of benzene rings is 2. The number of rotatable bonds is 4. The van der Waals surface area contributed by atoms with Crippen LogP contribution in [0.1, 0.15) is 39.9 Å². The van der Waals surface area contributed by atoms with Crippen molar-refractivity contribution in [2.45, 2.75) is 18.4 Å². The number of methoxy groups -OCH3 is 2. The minimum Gasteiger partial charge on any atom is -0.493 e. The molecule has 0 saturated carbocycles. The van der Waals surface area contributed by atoms with E-state index in [-0.39, 0.29) is 12.0 Å². The van der Waals surface area contributed by atoms with Crippen LogP contribution in [0.4, 0.5) is 5.69 Å². The lowest BCUT2D eigenvalue weighted by Gasteiger charge is -2.37. The van der Waals surface area contributed by atoms with Gasteiger partial charge in [0, 0.05) is 11.6 Å². The number of carbonyl (C=O) groups is 1. The molecule has 26 heavy (non-hydrogen) atoms. The van der Waals surface area contributed by atoms with Crippen molar-refractivity contribution in [3.63, 3.8) is 0 Å². The predicted molar refractivity (Wildman–Crippen MR) is 99.3 cm³/mol. The molecule has 2 aromatic rings. The lowest BCUT2D eigenvalue weighted by atomic mass is 9.76. The maximum absolute atomic E-state index is 11.3. The summed E-state index contributed by atoms with van der Waals surface area (Å²) in [7, 11) is 3.27. The van der Waals surface area contributed by atoms with Crippen molar-refractivity contribution >= 4 is 11.7 Å². The molecular formula is C21H21NO4. The molecule has 0 saturated heterocycles. The molecule has 5 heteroatoms.